The highest BCUT2D eigenvalue weighted by Crippen LogP contribution is 2.32. The number of amides is 1. The lowest BCUT2D eigenvalue weighted by Gasteiger charge is -2.22. The molecule has 0 aromatic heterocycles. The van der Waals surface area contributed by atoms with Gasteiger partial charge in [-0.15, -0.1) is 0 Å². The first kappa shape index (κ1) is 17.4. The molecule has 0 radical (unpaired) electrons. The Hall–Kier alpha value is -2.40. The zero-order valence-corrected chi connectivity index (χ0v) is 14.9. The van der Waals surface area contributed by atoms with Gasteiger partial charge >= 0.3 is 0 Å². The number of benzene rings is 2. The van der Waals surface area contributed by atoms with Gasteiger partial charge in [-0.05, 0) is 43.7 Å². The van der Waals surface area contributed by atoms with Gasteiger partial charge in [0.25, 0.3) is 5.91 Å². The molecule has 5 nitrogen and oxygen atoms in total. The highest BCUT2D eigenvalue weighted by molar-refractivity contribution is 6.32. The van der Waals surface area contributed by atoms with Gasteiger partial charge in [0, 0.05) is 0 Å². The summed E-state index contributed by atoms with van der Waals surface area (Å²) in [5, 5.41) is 3.41. The highest BCUT2D eigenvalue weighted by Gasteiger charge is 2.20. The molecule has 2 aromatic carbocycles. The molecule has 1 heterocycles. The number of ether oxygens (including phenoxy) is 3. The van der Waals surface area contributed by atoms with Gasteiger partial charge in [-0.2, -0.15) is 0 Å². The summed E-state index contributed by atoms with van der Waals surface area (Å²) in [6, 6.07) is 12.5. The predicted octanol–water partition coefficient (Wildman–Crippen LogP) is 3.76. The van der Waals surface area contributed by atoms with Crippen LogP contribution >= 0.6 is 11.6 Å². The van der Waals surface area contributed by atoms with Crippen molar-refractivity contribution < 1.29 is 19.0 Å². The van der Waals surface area contributed by atoms with E-state index in [9.17, 15) is 4.79 Å². The number of hydrogen-bond donors (Lipinski definition) is 1. The topological polar surface area (TPSA) is 56.8 Å². The molecule has 6 heteroatoms. The molecule has 0 aliphatic carbocycles. The first-order chi connectivity index (χ1) is 12.0. The molecule has 0 saturated heterocycles. The van der Waals surface area contributed by atoms with E-state index in [1.54, 1.807) is 19.1 Å². The molecule has 25 heavy (non-hydrogen) atoms. The van der Waals surface area contributed by atoms with Gasteiger partial charge in [0.15, 0.2) is 17.6 Å². The van der Waals surface area contributed by atoms with Gasteiger partial charge in [0.1, 0.15) is 19.0 Å². The normalized spacial score (nSPS) is 15.2. The summed E-state index contributed by atoms with van der Waals surface area (Å²) in [7, 11) is 0. The van der Waals surface area contributed by atoms with Crippen LogP contribution < -0.4 is 19.5 Å². The minimum Gasteiger partial charge on any atom is -0.486 e. The van der Waals surface area contributed by atoms with Gasteiger partial charge in [-0.3, -0.25) is 4.79 Å². The molecular formula is C19H20ClNO4. The van der Waals surface area contributed by atoms with Crippen molar-refractivity contribution in [2.24, 2.45) is 0 Å². The number of carbonyl (C=O) groups is 1. The molecule has 1 N–H and O–H groups in total. The molecule has 132 valence electrons. The van der Waals surface area contributed by atoms with Crippen molar-refractivity contribution in [3.63, 3.8) is 0 Å². The minimum absolute atomic E-state index is 0.194. The lowest BCUT2D eigenvalue weighted by Crippen LogP contribution is -2.37. The zero-order chi connectivity index (χ0) is 17.8. The van der Waals surface area contributed by atoms with E-state index < -0.39 is 6.10 Å². The van der Waals surface area contributed by atoms with Crippen LogP contribution in [-0.2, 0) is 4.79 Å². The number of halogens is 1. The predicted molar refractivity (Wildman–Crippen MR) is 95.5 cm³/mol. The zero-order valence-electron chi connectivity index (χ0n) is 14.1. The lowest BCUT2D eigenvalue weighted by atomic mass is 10.1. The van der Waals surface area contributed by atoms with Crippen molar-refractivity contribution >= 4 is 17.5 Å². The molecule has 0 fully saturated rings. The fraction of sp³-hybridized carbons (Fsp3) is 0.316. The van der Waals surface area contributed by atoms with E-state index in [0.717, 1.165) is 11.3 Å². The van der Waals surface area contributed by atoms with Crippen molar-refractivity contribution in [2.45, 2.75) is 26.0 Å². The average molecular weight is 362 g/mol. The van der Waals surface area contributed by atoms with Gasteiger partial charge in [-0.1, -0.05) is 29.8 Å². The third kappa shape index (κ3) is 4.17. The number of nitrogens with one attached hydrogen (secondary N) is 1. The van der Waals surface area contributed by atoms with E-state index in [4.69, 9.17) is 25.8 Å². The van der Waals surface area contributed by atoms with Crippen LogP contribution in [0.15, 0.2) is 42.5 Å². The molecule has 0 saturated carbocycles. The number of fused-ring (bicyclic) bond motifs is 1. The summed E-state index contributed by atoms with van der Waals surface area (Å²) < 4.78 is 16.7. The van der Waals surface area contributed by atoms with E-state index in [1.807, 2.05) is 37.3 Å². The molecule has 3 rings (SSSR count). The van der Waals surface area contributed by atoms with Crippen LogP contribution in [0.1, 0.15) is 25.5 Å². The molecular weight excluding hydrogens is 342 g/mol. The maximum absolute atomic E-state index is 12.4. The number of carbonyl (C=O) groups excluding carboxylic acids is 1. The van der Waals surface area contributed by atoms with Gasteiger partial charge in [0.2, 0.25) is 0 Å². The fourth-order valence-electron chi connectivity index (χ4n) is 2.53. The van der Waals surface area contributed by atoms with Gasteiger partial charge < -0.3 is 19.5 Å². The molecule has 1 aliphatic heterocycles. The summed E-state index contributed by atoms with van der Waals surface area (Å²) >= 11 is 6.06. The second-order valence-electron chi connectivity index (χ2n) is 5.82. The summed E-state index contributed by atoms with van der Waals surface area (Å²) in [6.07, 6.45) is -0.667. The maximum Gasteiger partial charge on any atom is 0.261 e. The second-order valence-corrected chi connectivity index (χ2v) is 6.23. The van der Waals surface area contributed by atoms with Crippen molar-refractivity contribution in [3.8, 4) is 17.2 Å². The number of rotatable bonds is 5. The molecule has 0 unspecified atom stereocenters. The summed E-state index contributed by atoms with van der Waals surface area (Å²) in [5.41, 5.74) is 0.933. The van der Waals surface area contributed by atoms with Crippen LogP contribution in [0.25, 0.3) is 0 Å². The van der Waals surface area contributed by atoms with E-state index in [0.29, 0.717) is 29.7 Å². The van der Waals surface area contributed by atoms with Crippen molar-refractivity contribution in [1.82, 2.24) is 5.32 Å². The third-order valence-corrected chi connectivity index (χ3v) is 4.25. The van der Waals surface area contributed by atoms with Crippen LogP contribution in [0, 0.1) is 0 Å². The first-order valence-corrected chi connectivity index (χ1v) is 8.53. The van der Waals surface area contributed by atoms with Crippen molar-refractivity contribution in [1.29, 1.82) is 0 Å². The van der Waals surface area contributed by atoms with E-state index in [-0.39, 0.29) is 11.9 Å². The Balaban J connectivity index is 1.63. The standard InChI is InChI=1S/C19H20ClNO4/c1-12(14-7-8-17-18(11-14)24-10-9-23-17)21-19(22)13(2)25-16-6-4-3-5-15(16)20/h3-8,11-13H,9-10H2,1-2H3,(H,21,22)/t12-,13-/m1/s1. The Morgan fingerprint density at radius 3 is 2.60 bits per heavy atom. The number of hydrogen-bond acceptors (Lipinski definition) is 4. The Labute approximate surface area is 151 Å². The Morgan fingerprint density at radius 1 is 1.12 bits per heavy atom. The SMILES string of the molecule is C[C@@H](Oc1ccccc1Cl)C(=O)N[C@H](C)c1ccc2c(c1)OCCO2. The molecule has 1 aliphatic rings. The highest BCUT2D eigenvalue weighted by atomic mass is 35.5. The summed E-state index contributed by atoms with van der Waals surface area (Å²) in [4.78, 5) is 12.4. The van der Waals surface area contributed by atoms with Crippen LogP contribution in [0.5, 0.6) is 17.2 Å². The lowest BCUT2D eigenvalue weighted by molar-refractivity contribution is -0.127. The molecule has 1 amide bonds. The van der Waals surface area contributed by atoms with E-state index >= 15 is 0 Å². The number of para-hydroxylation sites is 1. The van der Waals surface area contributed by atoms with Crippen LogP contribution in [-0.4, -0.2) is 25.2 Å². The Bertz CT molecular complexity index is 765. The molecule has 2 aromatic rings. The van der Waals surface area contributed by atoms with Crippen molar-refractivity contribution in [2.75, 3.05) is 13.2 Å². The summed E-state index contributed by atoms with van der Waals surface area (Å²) in [5.74, 6) is 1.69. The van der Waals surface area contributed by atoms with E-state index in [1.165, 1.54) is 0 Å². The second kappa shape index (κ2) is 7.66. The Morgan fingerprint density at radius 2 is 1.84 bits per heavy atom. The van der Waals surface area contributed by atoms with Crippen LogP contribution in [0.2, 0.25) is 5.02 Å². The monoisotopic (exact) mass is 361 g/mol. The smallest absolute Gasteiger partial charge is 0.261 e. The van der Waals surface area contributed by atoms with Crippen LogP contribution in [0.4, 0.5) is 0 Å². The Kier molecular flexibility index (Phi) is 5.34. The largest absolute Gasteiger partial charge is 0.486 e. The summed E-state index contributed by atoms with van der Waals surface area (Å²) in [6.45, 7) is 4.68. The molecule has 0 bridgehead atoms. The fourth-order valence-corrected chi connectivity index (χ4v) is 2.71. The quantitative estimate of drug-likeness (QED) is 0.881. The molecule has 2 atom stereocenters. The average Bonchev–Trinajstić information content (AvgIpc) is 2.63. The first-order valence-electron chi connectivity index (χ1n) is 8.15. The minimum atomic E-state index is -0.667. The third-order valence-electron chi connectivity index (χ3n) is 3.93. The molecule has 0 spiro atoms. The van der Waals surface area contributed by atoms with E-state index in [2.05, 4.69) is 5.32 Å². The maximum atomic E-state index is 12.4. The van der Waals surface area contributed by atoms with Gasteiger partial charge in [-0.25, -0.2) is 0 Å². The van der Waals surface area contributed by atoms with Crippen molar-refractivity contribution in [3.05, 3.63) is 53.1 Å². The van der Waals surface area contributed by atoms with Gasteiger partial charge in [0.05, 0.1) is 11.1 Å². The van der Waals surface area contributed by atoms with Crippen LogP contribution in [0.3, 0.4) is 0 Å².